The number of nitrogens with zero attached hydrogens (tertiary/aromatic N) is 3. The van der Waals surface area contributed by atoms with Crippen molar-refractivity contribution >= 4 is 11.6 Å². The molecule has 1 aromatic rings. The van der Waals surface area contributed by atoms with E-state index in [1.54, 1.807) is 0 Å². The van der Waals surface area contributed by atoms with Gasteiger partial charge in [-0.3, -0.25) is 0 Å². The summed E-state index contributed by atoms with van der Waals surface area (Å²) in [6, 6.07) is 0. The number of halogens is 3. The number of aromatic nitrogens is 2. The Balaban J connectivity index is 3.15. The minimum Gasteiger partial charge on any atom is -0.350 e. The number of hydrogen-bond donors (Lipinski definition) is 2. The van der Waals surface area contributed by atoms with Gasteiger partial charge in [-0.2, -0.15) is 13.2 Å². The lowest BCUT2D eigenvalue weighted by Crippen LogP contribution is -2.32. The third-order valence-electron chi connectivity index (χ3n) is 2.35. The first kappa shape index (κ1) is 14.5. The summed E-state index contributed by atoms with van der Waals surface area (Å²) >= 11 is 0. The van der Waals surface area contributed by atoms with E-state index in [0.29, 0.717) is 11.4 Å². The molecule has 102 valence electrons. The standard InChI is InChI=1S/C10H16F3N5/c1-6(2)7-8(17-14)15-5-16-9(7)18(3)4-10(11,12)13/h5-6H,4,14H2,1-3H3,(H,15,16,17). The summed E-state index contributed by atoms with van der Waals surface area (Å²) in [5.41, 5.74) is 2.94. The van der Waals surface area contributed by atoms with Crippen LogP contribution in [0, 0.1) is 0 Å². The highest BCUT2D eigenvalue weighted by Crippen LogP contribution is 2.31. The number of anilines is 2. The van der Waals surface area contributed by atoms with Gasteiger partial charge in [-0.25, -0.2) is 15.8 Å². The molecule has 0 aliphatic carbocycles. The zero-order chi connectivity index (χ0) is 13.9. The molecule has 3 N–H and O–H groups in total. The van der Waals surface area contributed by atoms with E-state index in [0.717, 1.165) is 4.90 Å². The smallest absolute Gasteiger partial charge is 0.350 e. The maximum Gasteiger partial charge on any atom is 0.405 e. The first-order valence-electron chi connectivity index (χ1n) is 5.35. The van der Waals surface area contributed by atoms with Crippen molar-refractivity contribution in [3.8, 4) is 0 Å². The maximum absolute atomic E-state index is 12.4. The minimum absolute atomic E-state index is 0.0528. The van der Waals surface area contributed by atoms with Crippen LogP contribution in [0.5, 0.6) is 0 Å². The van der Waals surface area contributed by atoms with Crippen LogP contribution < -0.4 is 16.2 Å². The van der Waals surface area contributed by atoms with Gasteiger partial charge in [0.2, 0.25) is 0 Å². The Kier molecular flexibility index (Phi) is 4.33. The van der Waals surface area contributed by atoms with Crippen molar-refractivity contribution in [2.45, 2.75) is 25.9 Å². The van der Waals surface area contributed by atoms with Crippen molar-refractivity contribution in [2.75, 3.05) is 23.9 Å². The molecule has 0 aliphatic rings. The topological polar surface area (TPSA) is 67.1 Å². The van der Waals surface area contributed by atoms with E-state index in [1.165, 1.54) is 13.4 Å². The Morgan fingerprint density at radius 2 is 2.00 bits per heavy atom. The number of nitrogens with two attached hydrogens (primary N) is 1. The van der Waals surface area contributed by atoms with Gasteiger partial charge in [-0.1, -0.05) is 13.8 Å². The van der Waals surface area contributed by atoms with E-state index in [1.807, 2.05) is 13.8 Å². The van der Waals surface area contributed by atoms with Crippen molar-refractivity contribution in [3.63, 3.8) is 0 Å². The summed E-state index contributed by atoms with van der Waals surface area (Å²) in [5, 5.41) is 0. The summed E-state index contributed by atoms with van der Waals surface area (Å²) in [5.74, 6) is 5.82. The van der Waals surface area contributed by atoms with Gasteiger partial charge < -0.3 is 10.3 Å². The van der Waals surface area contributed by atoms with Gasteiger partial charge in [0.05, 0.1) is 0 Å². The second-order valence-electron chi connectivity index (χ2n) is 4.23. The highest BCUT2D eigenvalue weighted by atomic mass is 19.4. The van der Waals surface area contributed by atoms with Crippen molar-refractivity contribution in [2.24, 2.45) is 5.84 Å². The number of nitrogen functional groups attached to an aromatic ring is 1. The highest BCUT2D eigenvalue weighted by molar-refractivity contribution is 5.59. The predicted octanol–water partition coefficient (Wildman–Crippen LogP) is 1.88. The van der Waals surface area contributed by atoms with Gasteiger partial charge in [0, 0.05) is 12.6 Å². The maximum atomic E-state index is 12.4. The number of hydrogen-bond acceptors (Lipinski definition) is 5. The molecule has 1 aromatic heterocycles. The van der Waals surface area contributed by atoms with Crippen LogP contribution >= 0.6 is 0 Å². The SMILES string of the molecule is CC(C)c1c(NN)ncnc1N(C)CC(F)(F)F. The summed E-state index contributed by atoms with van der Waals surface area (Å²) in [6.07, 6.45) is -3.10. The van der Waals surface area contributed by atoms with E-state index in [-0.39, 0.29) is 11.7 Å². The normalized spacial score (nSPS) is 11.8. The van der Waals surface area contributed by atoms with Crippen LogP contribution in [-0.2, 0) is 0 Å². The first-order valence-corrected chi connectivity index (χ1v) is 5.35. The molecule has 5 nitrogen and oxygen atoms in total. The quantitative estimate of drug-likeness (QED) is 0.641. The lowest BCUT2D eigenvalue weighted by Gasteiger charge is -2.24. The summed E-state index contributed by atoms with van der Waals surface area (Å²) in [4.78, 5) is 8.85. The van der Waals surface area contributed by atoms with Gasteiger partial charge in [-0.15, -0.1) is 0 Å². The molecule has 0 bridgehead atoms. The predicted molar refractivity (Wildman–Crippen MR) is 63.3 cm³/mol. The second kappa shape index (κ2) is 5.38. The van der Waals surface area contributed by atoms with E-state index >= 15 is 0 Å². The molecular formula is C10H16F3N5. The fraction of sp³-hybridized carbons (Fsp3) is 0.600. The zero-order valence-corrected chi connectivity index (χ0v) is 10.4. The van der Waals surface area contributed by atoms with Crippen molar-refractivity contribution in [3.05, 3.63) is 11.9 Å². The largest absolute Gasteiger partial charge is 0.405 e. The summed E-state index contributed by atoms with van der Waals surface area (Å²) in [6.45, 7) is 2.60. The van der Waals surface area contributed by atoms with Gasteiger partial charge in [0.25, 0.3) is 0 Å². The molecule has 0 radical (unpaired) electrons. The average molecular weight is 263 g/mol. The third kappa shape index (κ3) is 3.46. The number of hydrazine groups is 1. The van der Waals surface area contributed by atoms with E-state index in [2.05, 4.69) is 15.4 Å². The third-order valence-corrected chi connectivity index (χ3v) is 2.35. The van der Waals surface area contributed by atoms with Crippen molar-refractivity contribution in [1.29, 1.82) is 0 Å². The van der Waals surface area contributed by atoms with E-state index in [9.17, 15) is 13.2 Å². The highest BCUT2D eigenvalue weighted by Gasteiger charge is 2.31. The van der Waals surface area contributed by atoms with Gasteiger partial charge >= 0.3 is 6.18 Å². The number of alkyl halides is 3. The molecule has 1 heterocycles. The Hall–Kier alpha value is -1.57. The molecule has 0 aliphatic heterocycles. The fourth-order valence-electron chi connectivity index (χ4n) is 1.68. The first-order chi connectivity index (χ1) is 8.26. The van der Waals surface area contributed by atoms with Crippen LogP contribution in [0.4, 0.5) is 24.8 Å². The zero-order valence-electron chi connectivity index (χ0n) is 10.4. The molecule has 0 unspecified atom stereocenters. The lowest BCUT2D eigenvalue weighted by atomic mass is 10.0. The van der Waals surface area contributed by atoms with Crippen molar-refractivity contribution < 1.29 is 13.2 Å². The van der Waals surface area contributed by atoms with Gasteiger partial charge in [0.15, 0.2) is 0 Å². The van der Waals surface area contributed by atoms with Crippen molar-refractivity contribution in [1.82, 2.24) is 9.97 Å². The second-order valence-corrected chi connectivity index (χ2v) is 4.23. The van der Waals surface area contributed by atoms with Gasteiger partial charge in [-0.05, 0) is 5.92 Å². The minimum atomic E-state index is -4.29. The summed E-state index contributed by atoms with van der Waals surface area (Å²) < 4.78 is 37.1. The Morgan fingerprint density at radius 1 is 1.39 bits per heavy atom. The monoisotopic (exact) mass is 263 g/mol. The Labute approximate surface area is 103 Å². The Bertz CT molecular complexity index is 405. The van der Waals surface area contributed by atoms with Crippen LogP contribution in [0.2, 0.25) is 0 Å². The fourth-order valence-corrected chi connectivity index (χ4v) is 1.68. The molecule has 18 heavy (non-hydrogen) atoms. The lowest BCUT2D eigenvalue weighted by molar-refractivity contribution is -0.119. The van der Waals surface area contributed by atoms with Crippen LogP contribution in [0.3, 0.4) is 0 Å². The van der Waals surface area contributed by atoms with Crippen LogP contribution in [0.15, 0.2) is 6.33 Å². The van der Waals surface area contributed by atoms with Crippen LogP contribution in [0.1, 0.15) is 25.3 Å². The van der Waals surface area contributed by atoms with Crippen LogP contribution in [-0.4, -0.2) is 29.7 Å². The molecular weight excluding hydrogens is 247 g/mol. The molecule has 0 spiro atoms. The number of nitrogens with one attached hydrogen (secondary N) is 1. The number of rotatable bonds is 4. The molecule has 0 saturated carbocycles. The molecule has 0 fully saturated rings. The molecule has 0 atom stereocenters. The van der Waals surface area contributed by atoms with Gasteiger partial charge in [0.1, 0.15) is 24.5 Å². The van der Waals surface area contributed by atoms with Crippen LogP contribution in [0.25, 0.3) is 0 Å². The summed E-state index contributed by atoms with van der Waals surface area (Å²) in [7, 11) is 1.34. The molecule has 0 saturated heterocycles. The average Bonchev–Trinajstić information content (AvgIpc) is 2.25. The molecule has 8 heteroatoms. The van der Waals surface area contributed by atoms with E-state index < -0.39 is 12.7 Å². The Morgan fingerprint density at radius 3 is 2.44 bits per heavy atom. The molecule has 0 aromatic carbocycles. The van der Waals surface area contributed by atoms with E-state index in [4.69, 9.17) is 5.84 Å². The molecule has 0 amide bonds. The molecule has 1 rings (SSSR count).